The number of hydrogen-bond donors (Lipinski definition) is 1. The summed E-state index contributed by atoms with van der Waals surface area (Å²) in [5, 5.41) is 7.76. The van der Waals surface area contributed by atoms with E-state index in [1.807, 2.05) is 0 Å². The van der Waals surface area contributed by atoms with Crippen LogP contribution < -0.4 is 0 Å². The van der Waals surface area contributed by atoms with E-state index in [1.165, 1.54) is 0 Å². The summed E-state index contributed by atoms with van der Waals surface area (Å²) < 4.78 is 46.4. The van der Waals surface area contributed by atoms with Crippen LogP contribution in [-0.2, 0) is 0 Å². The molecule has 0 saturated heterocycles. The Labute approximate surface area is 47.6 Å². The summed E-state index contributed by atoms with van der Waals surface area (Å²) in [6.07, 6.45) is -0.250. The van der Waals surface area contributed by atoms with Crippen LogP contribution in [-0.4, -0.2) is 17.0 Å². The first-order valence-electron chi connectivity index (χ1n) is 2.05. The second kappa shape index (κ2) is 1.22. The lowest BCUT2D eigenvalue weighted by atomic mass is 10.6. The van der Waals surface area contributed by atoms with E-state index in [1.54, 1.807) is 0 Å². The summed E-state index contributed by atoms with van der Waals surface area (Å²) in [6, 6.07) is 0. The van der Waals surface area contributed by atoms with Crippen LogP contribution >= 0.6 is 0 Å². The average molecular weight is 142 g/mol. The van der Waals surface area contributed by atoms with Crippen molar-refractivity contribution in [1.82, 2.24) is 0 Å². The minimum atomic E-state index is -4.11. The average Bonchev–Trinajstić information content (AvgIpc) is 2.00. The van der Waals surface area contributed by atoms with Crippen LogP contribution in [0.3, 0.4) is 0 Å². The third kappa shape index (κ3) is 0.489. The van der Waals surface area contributed by atoms with Crippen molar-refractivity contribution in [3.63, 3.8) is 0 Å². The third-order valence-electron chi connectivity index (χ3n) is 1.14. The molecule has 0 atom stereocenters. The van der Waals surface area contributed by atoms with Gasteiger partial charge in [0.15, 0.2) is 0 Å². The molecule has 1 fully saturated rings. The molecule has 0 unspecified atom stereocenters. The predicted molar refractivity (Wildman–Crippen MR) is 20.6 cm³/mol. The number of allylic oxidation sites excluding steroid dienone is 1. The van der Waals surface area contributed by atoms with Crippen molar-refractivity contribution in [3.8, 4) is 0 Å². The van der Waals surface area contributed by atoms with E-state index in [-0.39, 0.29) is 6.26 Å². The number of rotatable bonds is 0. The fourth-order valence-electron chi connectivity index (χ4n) is 0.473. The summed E-state index contributed by atoms with van der Waals surface area (Å²) in [5.74, 6) is -8.22. The van der Waals surface area contributed by atoms with Gasteiger partial charge >= 0.3 is 11.8 Å². The molecule has 0 amide bonds. The van der Waals surface area contributed by atoms with Crippen LogP contribution in [0.5, 0.6) is 0 Å². The number of alkyl halides is 4. The molecule has 9 heavy (non-hydrogen) atoms. The van der Waals surface area contributed by atoms with Gasteiger partial charge in [-0.25, -0.2) is 0 Å². The van der Waals surface area contributed by atoms with Gasteiger partial charge in [0.2, 0.25) is 0 Å². The number of aliphatic hydroxyl groups excluding tert-OH is 1. The van der Waals surface area contributed by atoms with Crippen LogP contribution in [0.1, 0.15) is 0 Å². The van der Waals surface area contributed by atoms with Crippen molar-refractivity contribution >= 4 is 0 Å². The molecule has 5 heteroatoms. The standard InChI is InChI=1S/C4H2F4O/c5-3(6)2(1-9)4(3,7)8/h1,9H. The van der Waals surface area contributed by atoms with Crippen molar-refractivity contribution in [1.29, 1.82) is 0 Å². The number of hydrogen-bond acceptors (Lipinski definition) is 1. The van der Waals surface area contributed by atoms with Gasteiger partial charge in [-0.05, 0) is 0 Å². The maximum atomic E-state index is 11.6. The van der Waals surface area contributed by atoms with Gasteiger partial charge < -0.3 is 5.11 Å². The lowest BCUT2D eigenvalue weighted by molar-refractivity contribution is -0.0278. The Hall–Kier alpha value is -0.740. The van der Waals surface area contributed by atoms with Crippen LogP contribution in [0, 0.1) is 0 Å². The van der Waals surface area contributed by atoms with E-state index in [2.05, 4.69) is 0 Å². The Morgan fingerprint density at radius 3 is 1.44 bits per heavy atom. The van der Waals surface area contributed by atoms with Crippen molar-refractivity contribution in [3.05, 3.63) is 11.8 Å². The zero-order chi connectivity index (χ0) is 7.28. The first-order valence-corrected chi connectivity index (χ1v) is 2.05. The number of halogens is 4. The summed E-state index contributed by atoms with van der Waals surface area (Å²) in [4.78, 5) is 0. The highest BCUT2D eigenvalue weighted by atomic mass is 19.3. The topological polar surface area (TPSA) is 20.2 Å². The molecule has 0 aromatic rings. The molecule has 0 aromatic heterocycles. The minimum absolute atomic E-state index is 0.250. The highest BCUT2D eigenvalue weighted by Gasteiger charge is 2.82. The lowest BCUT2D eigenvalue weighted by Crippen LogP contribution is -2.02. The highest BCUT2D eigenvalue weighted by molar-refractivity contribution is 5.43. The molecule has 0 radical (unpaired) electrons. The summed E-state index contributed by atoms with van der Waals surface area (Å²) >= 11 is 0. The molecule has 1 rings (SSSR count). The van der Waals surface area contributed by atoms with E-state index in [0.29, 0.717) is 0 Å². The second-order valence-corrected chi connectivity index (χ2v) is 1.69. The fraction of sp³-hybridized carbons (Fsp3) is 0.500. The van der Waals surface area contributed by atoms with Gasteiger partial charge in [0.1, 0.15) is 5.57 Å². The maximum absolute atomic E-state index is 11.6. The molecule has 0 spiro atoms. The molecule has 1 saturated carbocycles. The molecular weight excluding hydrogens is 140 g/mol. The van der Waals surface area contributed by atoms with Gasteiger partial charge in [0, 0.05) is 0 Å². The molecule has 1 N–H and O–H groups in total. The summed E-state index contributed by atoms with van der Waals surface area (Å²) in [5.41, 5.74) is -1.50. The highest BCUT2D eigenvalue weighted by Crippen LogP contribution is 2.61. The van der Waals surface area contributed by atoms with E-state index in [9.17, 15) is 17.6 Å². The number of aliphatic hydroxyl groups is 1. The molecule has 0 bridgehead atoms. The Bertz CT molecular complexity index is 155. The van der Waals surface area contributed by atoms with Gasteiger partial charge in [-0.3, -0.25) is 0 Å². The molecule has 1 aliphatic rings. The first kappa shape index (κ1) is 6.38. The Morgan fingerprint density at radius 1 is 1.11 bits per heavy atom. The Morgan fingerprint density at radius 2 is 1.44 bits per heavy atom. The van der Waals surface area contributed by atoms with Gasteiger partial charge in [0.25, 0.3) is 0 Å². The smallest absolute Gasteiger partial charge is 0.345 e. The van der Waals surface area contributed by atoms with Crippen molar-refractivity contribution in [2.24, 2.45) is 0 Å². The molecule has 52 valence electrons. The SMILES string of the molecule is OC=C1C(F)(F)C1(F)F. The molecule has 0 aromatic carbocycles. The predicted octanol–water partition coefficient (Wildman–Crippen LogP) is 1.71. The van der Waals surface area contributed by atoms with E-state index < -0.39 is 17.4 Å². The third-order valence-corrected chi connectivity index (χ3v) is 1.14. The molecule has 1 aliphatic carbocycles. The quantitative estimate of drug-likeness (QED) is 0.403. The zero-order valence-electron chi connectivity index (χ0n) is 4.04. The van der Waals surface area contributed by atoms with Crippen LogP contribution in [0.4, 0.5) is 17.6 Å². The Kier molecular flexibility index (Phi) is 0.866. The van der Waals surface area contributed by atoms with E-state index >= 15 is 0 Å². The van der Waals surface area contributed by atoms with E-state index in [0.717, 1.165) is 0 Å². The van der Waals surface area contributed by atoms with Crippen LogP contribution in [0.25, 0.3) is 0 Å². The van der Waals surface area contributed by atoms with Gasteiger partial charge in [-0.1, -0.05) is 0 Å². The molecule has 0 heterocycles. The monoisotopic (exact) mass is 142 g/mol. The largest absolute Gasteiger partial charge is 0.515 e. The van der Waals surface area contributed by atoms with Crippen LogP contribution in [0.15, 0.2) is 11.8 Å². The van der Waals surface area contributed by atoms with Gasteiger partial charge in [0.05, 0.1) is 6.26 Å². The summed E-state index contributed by atoms with van der Waals surface area (Å²) in [7, 11) is 0. The molecule has 0 aliphatic heterocycles. The van der Waals surface area contributed by atoms with Gasteiger partial charge in [-0.2, -0.15) is 17.6 Å². The van der Waals surface area contributed by atoms with Crippen molar-refractivity contribution in [2.75, 3.05) is 0 Å². The summed E-state index contributed by atoms with van der Waals surface area (Å²) in [6.45, 7) is 0. The normalized spacial score (nSPS) is 27.8. The van der Waals surface area contributed by atoms with Crippen LogP contribution in [0.2, 0.25) is 0 Å². The van der Waals surface area contributed by atoms with Gasteiger partial charge in [-0.15, -0.1) is 0 Å². The fourth-order valence-corrected chi connectivity index (χ4v) is 0.473. The maximum Gasteiger partial charge on any atom is 0.345 e. The first-order chi connectivity index (χ1) is 3.94. The van der Waals surface area contributed by atoms with Crippen molar-refractivity contribution < 1.29 is 22.7 Å². The lowest BCUT2D eigenvalue weighted by Gasteiger charge is -1.86. The van der Waals surface area contributed by atoms with E-state index in [4.69, 9.17) is 5.11 Å². The minimum Gasteiger partial charge on any atom is -0.515 e. The zero-order valence-corrected chi connectivity index (χ0v) is 4.04. The molecule has 1 nitrogen and oxygen atoms in total. The molecular formula is C4H2F4O. The van der Waals surface area contributed by atoms with Crippen molar-refractivity contribution in [2.45, 2.75) is 11.8 Å². The Balaban J connectivity index is 2.91. The second-order valence-electron chi connectivity index (χ2n) is 1.69.